The lowest BCUT2D eigenvalue weighted by molar-refractivity contribution is -0.109. The van der Waals surface area contributed by atoms with Crippen molar-refractivity contribution in [1.82, 2.24) is 15.3 Å². The summed E-state index contributed by atoms with van der Waals surface area (Å²) >= 11 is 0. The SMILES string of the molecule is CCN(CC)c1ncc(C)c(=O)[nH]1.CCNC=O. The number of hydrogen-bond acceptors (Lipinski definition) is 4. The highest BCUT2D eigenvalue weighted by atomic mass is 16.1. The number of carbonyl (C=O) groups excluding carboxylic acids is 1. The van der Waals surface area contributed by atoms with Crippen LogP contribution in [0, 0.1) is 6.92 Å². The molecule has 1 rings (SSSR count). The summed E-state index contributed by atoms with van der Waals surface area (Å²) in [6, 6.07) is 0. The van der Waals surface area contributed by atoms with Crippen LogP contribution in [0.5, 0.6) is 0 Å². The van der Waals surface area contributed by atoms with Crippen LogP contribution in [0.3, 0.4) is 0 Å². The maximum absolute atomic E-state index is 11.3. The summed E-state index contributed by atoms with van der Waals surface area (Å²) in [5.41, 5.74) is 0.591. The van der Waals surface area contributed by atoms with Crippen molar-refractivity contribution in [3.63, 3.8) is 0 Å². The Morgan fingerprint density at radius 3 is 2.33 bits per heavy atom. The predicted octanol–water partition coefficient (Wildman–Crippen LogP) is 0.677. The highest BCUT2D eigenvalue weighted by Gasteiger charge is 2.04. The van der Waals surface area contributed by atoms with E-state index in [1.54, 1.807) is 13.1 Å². The van der Waals surface area contributed by atoms with Crippen molar-refractivity contribution < 1.29 is 4.79 Å². The van der Waals surface area contributed by atoms with Crippen LogP contribution in [-0.2, 0) is 4.79 Å². The minimum atomic E-state index is -0.0584. The van der Waals surface area contributed by atoms with Crippen LogP contribution in [0.4, 0.5) is 5.95 Å². The van der Waals surface area contributed by atoms with Gasteiger partial charge in [-0.25, -0.2) is 4.98 Å². The third kappa shape index (κ3) is 5.47. The van der Waals surface area contributed by atoms with Gasteiger partial charge in [-0.15, -0.1) is 0 Å². The van der Waals surface area contributed by atoms with Gasteiger partial charge in [0.15, 0.2) is 0 Å². The summed E-state index contributed by atoms with van der Waals surface area (Å²) in [7, 11) is 0. The van der Waals surface area contributed by atoms with Gasteiger partial charge in [-0.1, -0.05) is 0 Å². The molecule has 1 amide bonds. The fraction of sp³-hybridized carbons (Fsp3) is 0.583. The minimum Gasteiger partial charge on any atom is -0.359 e. The number of rotatable bonds is 5. The summed E-state index contributed by atoms with van der Waals surface area (Å²) < 4.78 is 0. The van der Waals surface area contributed by atoms with E-state index in [1.165, 1.54) is 0 Å². The molecule has 0 bridgehead atoms. The molecule has 0 spiro atoms. The van der Waals surface area contributed by atoms with E-state index in [-0.39, 0.29) is 5.56 Å². The van der Waals surface area contributed by atoms with Crippen molar-refractivity contribution in [2.24, 2.45) is 0 Å². The smallest absolute Gasteiger partial charge is 0.255 e. The van der Waals surface area contributed by atoms with Crippen LogP contribution in [0.25, 0.3) is 0 Å². The van der Waals surface area contributed by atoms with Crippen LogP contribution >= 0.6 is 0 Å². The molecule has 1 aromatic rings. The van der Waals surface area contributed by atoms with E-state index in [0.717, 1.165) is 19.6 Å². The molecular formula is C12H22N4O2. The van der Waals surface area contributed by atoms with E-state index in [4.69, 9.17) is 0 Å². The molecule has 0 aliphatic carbocycles. The molecule has 0 aliphatic rings. The highest BCUT2D eigenvalue weighted by molar-refractivity contribution is 5.45. The normalized spacial score (nSPS) is 9.11. The number of nitrogens with zero attached hydrogens (tertiary/aromatic N) is 2. The number of aromatic amines is 1. The molecule has 2 N–H and O–H groups in total. The topological polar surface area (TPSA) is 78.1 Å². The van der Waals surface area contributed by atoms with Crippen LogP contribution in [-0.4, -0.2) is 36.0 Å². The van der Waals surface area contributed by atoms with Crippen molar-refractivity contribution in [1.29, 1.82) is 0 Å². The highest BCUT2D eigenvalue weighted by Crippen LogP contribution is 2.02. The standard InChI is InChI=1S/C9H15N3O.C3H7NO/c1-4-12(5-2)9-10-6-7(3)8(13)11-9;1-2-4-3-5/h6H,4-5H2,1-3H3,(H,10,11,13);3H,2H2,1H3,(H,4,5). The zero-order valence-corrected chi connectivity index (χ0v) is 11.5. The Balaban J connectivity index is 0.000000494. The zero-order valence-electron chi connectivity index (χ0n) is 11.5. The molecule has 0 fully saturated rings. The number of aromatic nitrogens is 2. The number of anilines is 1. The molecule has 0 atom stereocenters. The molecule has 0 aliphatic heterocycles. The van der Waals surface area contributed by atoms with Gasteiger partial charge in [0.25, 0.3) is 5.56 Å². The van der Waals surface area contributed by atoms with Gasteiger partial charge < -0.3 is 10.2 Å². The van der Waals surface area contributed by atoms with Gasteiger partial charge in [0, 0.05) is 31.4 Å². The first kappa shape index (κ1) is 16.1. The number of carbonyl (C=O) groups is 1. The lowest BCUT2D eigenvalue weighted by atomic mass is 10.4. The second-order valence-electron chi connectivity index (χ2n) is 3.57. The number of hydrogen-bond donors (Lipinski definition) is 2. The molecule has 6 heteroatoms. The molecule has 102 valence electrons. The van der Waals surface area contributed by atoms with Gasteiger partial charge in [-0.05, 0) is 27.7 Å². The van der Waals surface area contributed by atoms with Crippen molar-refractivity contribution in [3.05, 3.63) is 22.1 Å². The number of H-pyrrole nitrogens is 1. The molecule has 1 aromatic heterocycles. The van der Waals surface area contributed by atoms with E-state index in [9.17, 15) is 9.59 Å². The fourth-order valence-corrected chi connectivity index (χ4v) is 1.22. The third-order valence-corrected chi connectivity index (χ3v) is 2.31. The Morgan fingerprint density at radius 2 is 2.00 bits per heavy atom. The summed E-state index contributed by atoms with van der Waals surface area (Å²) in [4.78, 5) is 29.4. The summed E-state index contributed by atoms with van der Waals surface area (Å²) in [6.45, 7) is 10.1. The molecule has 0 saturated carbocycles. The average Bonchev–Trinajstić information content (AvgIpc) is 2.37. The monoisotopic (exact) mass is 254 g/mol. The number of aryl methyl sites for hydroxylation is 1. The quantitative estimate of drug-likeness (QED) is 0.757. The Bertz CT molecular complexity index is 399. The zero-order chi connectivity index (χ0) is 14.0. The number of nitrogens with one attached hydrogen (secondary N) is 2. The largest absolute Gasteiger partial charge is 0.359 e. The Kier molecular flexibility index (Phi) is 8.26. The van der Waals surface area contributed by atoms with E-state index in [0.29, 0.717) is 17.9 Å². The van der Waals surface area contributed by atoms with Crippen molar-refractivity contribution >= 4 is 12.4 Å². The van der Waals surface area contributed by atoms with E-state index >= 15 is 0 Å². The second kappa shape index (κ2) is 9.21. The van der Waals surface area contributed by atoms with Crippen molar-refractivity contribution in [2.45, 2.75) is 27.7 Å². The minimum absolute atomic E-state index is 0.0584. The first-order valence-corrected chi connectivity index (χ1v) is 6.08. The lowest BCUT2D eigenvalue weighted by Crippen LogP contribution is -2.27. The fourth-order valence-electron chi connectivity index (χ4n) is 1.22. The molecule has 0 saturated heterocycles. The first-order chi connectivity index (χ1) is 8.60. The Morgan fingerprint density at radius 1 is 1.39 bits per heavy atom. The molecule has 6 nitrogen and oxygen atoms in total. The van der Waals surface area contributed by atoms with Gasteiger partial charge >= 0.3 is 0 Å². The van der Waals surface area contributed by atoms with Crippen LogP contribution < -0.4 is 15.8 Å². The Hall–Kier alpha value is -1.85. The maximum Gasteiger partial charge on any atom is 0.255 e. The predicted molar refractivity (Wildman–Crippen MR) is 72.9 cm³/mol. The van der Waals surface area contributed by atoms with Crippen LogP contribution in [0.2, 0.25) is 0 Å². The molecular weight excluding hydrogens is 232 g/mol. The molecule has 1 heterocycles. The summed E-state index contributed by atoms with van der Waals surface area (Å²) in [5, 5.41) is 2.43. The van der Waals surface area contributed by atoms with Gasteiger partial charge in [0.2, 0.25) is 12.4 Å². The first-order valence-electron chi connectivity index (χ1n) is 6.08. The van der Waals surface area contributed by atoms with Gasteiger partial charge in [-0.3, -0.25) is 14.6 Å². The third-order valence-electron chi connectivity index (χ3n) is 2.31. The van der Waals surface area contributed by atoms with E-state index in [2.05, 4.69) is 15.3 Å². The number of amides is 1. The lowest BCUT2D eigenvalue weighted by Gasteiger charge is -2.18. The van der Waals surface area contributed by atoms with E-state index in [1.807, 2.05) is 25.7 Å². The van der Waals surface area contributed by atoms with Gasteiger partial charge in [0.05, 0.1) is 0 Å². The summed E-state index contributed by atoms with van der Waals surface area (Å²) in [5.74, 6) is 0.653. The van der Waals surface area contributed by atoms with Crippen molar-refractivity contribution in [2.75, 3.05) is 24.5 Å². The molecule has 0 aromatic carbocycles. The van der Waals surface area contributed by atoms with Gasteiger partial charge in [0.1, 0.15) is 0 Å². The Labute approximate surface area is 107 Å². The average molecular weight is 254 g/mol. The van der Waals surface area contributed by atoms with Gasteiger partial charge in [-0.2, -0.15) is 0 Å². The second-order valence-corrected chi connectivity index (χ2v) is 3.57. The molecule has 18 heavy (non-hydrogen) atoms. The van der Waals surface area contributed by atoms with Crippen molar-refractivity contribution in [3.8, 4) is 0 Å². The maximum atomic E-state index is 11.3. The summed E-state index contributed by atoms with van der Waals surface area (Å²) in [6.07, 6.45) is 2.28. The van der Waals surface area contributed by atoms with Crippen LogP contribution in [0.15, 0.2) is 11.0 Å². The van der Waals surface area contributed by atoms with Crippen LogP contribution in [0.1, 0.15) is 26.3 Å². The molecule has 0 unspecified atom stereocenters. The molecule has 0 radical (unpaired) electrons. The van der Waals surface area contributed by atoms with E-state index < -0.39 is 0 Å².